The molecule has 2 aliphatic rings. The van der Waals surface area contributed by atoms with E-state index >= 15 is 0 Å². The molecule has 5 heteroatoms. The van der Waals surface area contributed by atoms with Crippen LogP contribution in [0.4, 0.5) is 5.69 Å². The van der Waals surface area contributed by atoms with Crippen LogP contribution in [0.2, 0.25) is 0 Å². The van der Waals surface area contributed by atoms with Gasteiger partial charge in [0.2, 0.25) is 5.91 Å². The number of carbonyl (C=O) groups is 1. The number of fused-ring (bicyclic) bond motifs is 1. The minimum atomic E-state index is -0.582. The summed E-state index contributed by atoms with van der Waals surface area (Å²) in [6, 6.07) is 6.13. The molecule has 0 saturated heterocycles. The van der Waals surface area contributed by atoms with Gasteiger partial charge in [0, 0.05) is 24.2 Å². The van der Waals surface area contributed by atoms with Crippen LogP contribution in [-0.4, -0.2) is 22.1 Å². The first-order valence-corrected chi connectivity index (χ1v) is 9.05. The van der Waals surface area contributed by atoms with E-state index in [-0.39, 0.29) is 5.91 Å². The number of rotatable bonds is 2. The number of benzene rings is 1. The molecule has 0 saturated carbocycles. The van der Waals surface area contributed by atoms with Gasteiger partial charge >= 0.3 is 0 Å². The van der Waals surface area contributed by atoms with Gasteiger partial charge in [-0.15, -0.1) is 0 Å². The molecule has 5 nitrogen and oxygen atoms in total. The van der Waals surface area contributed by atoms with Crippen molar-refractivity contribution in [3.63, 3.8) is 0 Å². The van der Waals surface area contributed by atoms with Crippen LogP contribution in [0.25, 0.3) is 11.1 Å². The number of carbonyl (C=O) groups excluding carboxylic acids is 1. The molecule has 2 aliphatic heterocycles. The van der Waals surface area contributed by atoms with E-state index in [1.807, 2.05) is 58.4 Å². The van der Waals surface area contributed by atoms with Gasteiger partial charge in [-0.1, -0.05) is 23.8 Å². The smallest absolute Gasteiger partial charge is 0.241 e. The standard InChI is InChI=1S/C22H22N4O/c1-14-5-7-18(13-23-10-14)26-20-9-16(17-11-24-15(2)25-12-17)6-8-19(20)22(3,4)21(26)27/h6-13H,5H2,1-4H3. The number of anilines is 1. The molecular weight excluding hydrogens is 336 g/mol. The van der Waals surface area contributed by atoms with Gasteiger partial charge in [0.25, 0.3) is 0 Å². The Hall–Kier alpha value is -3.08. The molecule has 136 valence electrons. The van der Waals surface area contributed by atoms with E-state index < -0.39 is 5.41 Å². The molecule has 0 bridgehead atoms. The average Bonchev–Trinajstić information content (AvgIpc) is 2.78. The van der Waals surface area contributed by atoms with Crippen LogP contribution in [0.1, 0.15) is 38.6 Å². The van der Waals surface area contributed by atoms with Gasteiger partial charge in [0.1, 0.15) is 5.82 Å². The Morgan fingerprint density at radius 2 is 1.81 bits per heavy atom. The lowest BCUT2D eigenvalue weighted by molar-refractivity contribution is -0.121. The fourth-order valence-corrected chi connectivity index (χ4v) is 3.49. The Bertz CT molecular complexity index is 1010. The normalized spacial score (nSPS) is 18.1. The van der Waals surface area contributed by atoms with Crippen molar-refractivity contribution in [1.82, 2.24) is 9.97 Å². The maximum Gasteiger partial charge on any atom is 0.241 e. The van der Waals surface area contributed by atoms with Crippen molar-refractivity contribution in [2.45, 2.75) is 39.5 Å². The predicted octanol–water partition coefficient (Wildman–Crippen LogP) is 4.34. The molecule has 27 heavy (non-hydrogen) atoms. The second kappa shape index (κ2) is 6.27. The highest BCUT2D eigenvalue weighted by Crippen LogP contribution is 2.45. The van der Waals surface area contributed by atoms with E-state index in [1.54, 1.807) is 11.1 Å². The highest BCUT2D eigenvalue weighted by Gasteiger charge is 2.45. The summed E-state index contributed by atoms with van der Waals surface area (Å²) in [5, 5.41) is 0. The summed E-state index contributed by atoms with van der Waals surface area (Å²) in [5.74, 6) is 0.799. The van der Waals surface area contributed by atoms with Crippen LogP contribution in [0.3, 0.4) is 0 Å². The number of aliphatic imine (C=N–C) groups is 1. The zero-order valence-electron chi connectivity index (χ0n) is 16.0. The first-order valence-electron chi connectivity index (χ1n) is 9.05. The van der Waals surface area contributed by atoms with Crippen LogP contribution in [0.15, 0.2) is 59.1 Å². The molecule has 0 N–H and O–H groups in total. The van der Waals surface area contributed by atoms with Gasteiger partial charge in [-0.3, -0.25) is 14.7 Å². The molecule has 3 heterocycles. The first kappa shape index (κ1) is 17.3. The second-order valence-corrected chi connectivity index (χ2v) is 7.60. The molecule has 0 aliphatic carbocycles. The Balaban J connectivity index is 1.83. The van der Waals surface area contributed by atoms with Crippen molar-refractivity contribution in [1.29, 1.82) is 0 Å². The van der Waals surface area contributed by atoms with Gasteiger partial charge in [-0.25, -0.2) is 9.97 Å². The van der Waals surface area contributed by atoms with Crippen molar-refractivity contribution in [2.24, 2.45) is 4.99 Å². The number of allylic oxidation sites excluding steroid dienone is 3. The van der Waals surface area contributed by atoms with E-state index in [0.717, 1.165) is 45.9 Å². The predicted molar refractivity (Wildman–Crippen MR) is 108 cm³/mol. The zero-order valence-corrected chi connectivity index (χ0v) is 16.0. The molecular formula is C22H22N4O. The van der Waals surface area contributed by atoms with Crippen LogP contribution in [0, 0.1) is 6.92 Å². The SMILES string of the molecule is CC1=CN=CC(N2C(=O)C(C)(C)c3ccc(-c4cnc(C)nc4)cc32)=CC1. The molecule has 1 amide bonds. The average molecular weight is 358 g/mol. The summed E-state index contributed by atoms with van der Waals surface area (Å²) >= 11 is 0. The highest BCUT2D eigenvalue weighted by atomic mass is 16.2. The zero-order chi connectivity index (χ0) is 19.2. The van der Waals surface area contributed by atoms with Gasteiger partial charge in [-0.2, -0.15) is 0 Å². The van der Waals surface area contributed by atoms with Crippen molar-refractivity contribution in [2.75, 3.05) is 4.90 Å². The van der Waals surface area contributed by atoms with E-state index in [1.165, 1.54) is 0 Å². The minimum absolute atomic E-state index is 0.0621. The van der Waals surface area contributed by atoms with E-state index in [2.05, 4.69) is 27.1 Å². The summed E-state index contributed by atoms with van der Waals surface area (Å²) in [4.78, 5) is 28.0. The number of amides is 1. The second-order valence-electron chi connectivity index (χ2n) is 7.60. The van der Waals surface area contributed by atoms with Crippen LogP contribution in [0.5, 0.6) is 0 Å². The van der Waals surface area contributed by atoms with Crippen molar-refractivity contribution >= 4 is 17.8 Å². The van der Waals surface area contributed by atoms with Gasteiger partial charge in [0.15, 0.2) is 0 Å². The lowest BCUT2D eigenvalue weighted by Gasteiger charge is -2.21. The maximum atomic E-state index is 13.3. The molecule has 0 fully saturated rings. The van der Waals surface area contributed by atoms with Crippen molar-refractivity contribution in [3.8, 4) is 11.1 Å². The lowest BCUT2D eigenvalue weighted by atomic mass is 9.85. The summed E-state index contributed by atoms with van der Waals surface area (Å²) in [6.45, 7) is 7.85. The van der Waals surface area contributed by atoms with Crippen molar-refractivity contribution < 1.29 is 4.79 Å². The number of nitrogens with zero attached hydrogens (tertiary/aromatic N) is 4. The number of aryl methyl sites for hydroxylation is 1. The van der Waals surface area contributed by atoms with Crippen LogP contribution in [-0.2, 0) is 10.2 Å². The third kappa shape index (κ3) is 2.89. The van der Waals surface area contributed by atoms with Crippen LogP contribution >= 0.6 is 0 Å². The van der Waals surface area contributed by atoms with E-state index in [4.69, 9.17) is 0 Å². The Morgan fingerprint density at radius 3 is 2.56 bits per heavy atom. The molecule has 0 atom stereocenters. The molecule has 1 aromatic heterocycles. The van der Waals surface area contributed by atoms with Crippen molar-refractivity contribution in [3.05, 3.63) is 65.5 Å². The fourth-order valence-electron chi connectivity index (χ4n) is 3.49. The molecule has 2 aromatic rings. The molecule has 4 rings (SSSR count). The summed E-state index contributed by atoms with van der Waals surface area (Å²) in [6.07, 6.45) is 10.1. The minimum Gasteiger partial charge on any atom is -0.279 e. The highest BCUT2D eigenvalue weighted by molar-refractivity contribution is 6.14. The molecule has 0 radical (unpaired) electrons. The Labute approximate surface area is 159 Å². The number of hydrogen-bond donors (Lipinski definition) is 0. The molecule has 0 unspecified atom stereocenters. The third-order valence-electron chi connectivity index (χ3n) is 5.16. The number of aromatic nitrogens is 2. The summed E-state index contributed by atoms with van der Waals surface area (Å²) < 4.78 is 0. The largest absolute Gasteiger partial charge is 0.279 e. The molecule has 0 spiro atoms. The quantitative estimate of drug-likeness (QED) is 0.802. The van der Waals surface area contributed by atoms with E-state index in [0.29, 0.717) is 0 Å². The summed E-state index contributed by atoms with van der Waals surface area (Å²) in [7, 11) is 0. The van der Waals surface area contributed by atoms with Gasteiger partial charge in [0.05, 0.1) is 23.0 Å². The summed E-state index contributed by atoms with van der Waals surface area (Å²) in [5.41, 5.74) is 5.25. The lowest BCUT2D eigenvalue weighted by Crippen LogP contribution is -2.36. The molecule has 1 aromatic carbocycles. The van der Waals surface area contributed by atoms with Gasteiger partial charge in [-0.05, 0) is 51.3 Å². The Kier molecular flexibility index (Phi) is 4.02. The van der Waals surface area contributed by atoms with E-state index in [9.17, 15) is 4.79 Å². The fraction of sp³-hybridized carbons (Fsp3) is 0.273. The third-order valence-corrected chi connectivity index (χ3v) is 5.16. The monoisotopic (exact) mass is 358 g/mol. The Morgan fingerprint density at radius 1 is 1.07 bits per heavy atom. The number of hydrogen-bond acceptors (Lipinski definition) is 4. The maximum absolute atomic E-state index is 13.3. The van der Waals surface area contributed by atoms with Gasteiger partial charge < -0.3 is 0 Å². The first-order chi connectivity index (χ1) is 12.9. The van der Waals surface area contributed by atoms with Crippen LogP contribution < -0.4 is 4.90 Å². The topological polar surface area (TPSA) is 58.5 Å².